The van der Waals surface area contributed by atoms with E-state index in [-0.39, 0.29) is 36.9 Å². The van der Waals surface area contributed by atoms with Gasteiger partial charge in [-0.15, -0.1) is 0 Å². The van der Waals surface area contributed by atoms with E-state index in [0.29, 0.717) is 54.1 Å². The second kappa shape index (κ2) is 13.3. The fraction of sp³-hybridized carbons (Fsp3) is 0.462. The first-order chi connectivity index (χ1) is 18.4. The van der Waals surface area contributed by atoms with Gasteiger partial charge in [0.2, 0.25) is 5.95 Å². The van der Waals surface area contributed by atoms with Crippen LogP contribution >= 0.6 is 11.6 Å². The molecule has 1 fully saturated rings. The Bertz CT molecular complexity index is 1230. The molecule has 0 unspecified atom stereocenters. The number of piperidine rings is 1. The van der Waals surface area contributed by atoms with Gasteiger partial charge in [0.25, 0.3) is 0 Å². The Labute approximate surface area is 226 Å². The third-order valence-corrected chi connectivity index (χ3v) is 6.49. The first-order valence-corrected chi connectivity index (χ1v) is 13.1. The number of rotatable bonds is 11. The van der Waals surface area contributed by atoms with Crippen LogP contribution < -0.4 is 10.6 Å². The fourth-order valence-electron chi connectivity index (χ4n) is 4.46. The van der Waals surface area contributed by atoms with E-state index in [1.165, 1.54) is 6.33 Å². The summed E-state index contributed by atoms with van der Waals surface area (Å²) in [5, 5.41) is 7.28. The van der Waals surface area contributed by atoms with Crippen LogP contribution in [0, 0.1) is 0 Å². The lowest BCUT2D eigenvalue weighted by Gasteiger charge is -2.37. The van der Waals surface area contributed by atoms with E-state index in [1.807, 2.05) is 12.1 Å². The maximum Gasteiger partial charge on any atom is 0.307 e. The van der Waals surface area contributed by atoms with Gasteiger partial charge >= 0.3 is 11.9 Å². The zero-order valence-electron chi connectivity index (χ0n) is 21.5. The second-order valence-corrected chi connectivity index (χ2v) is 9.35. The minimum absolute atomic E-state index is 0.128. The van der Waals surface area contributed by atoms with Crippen LogP contribution in [0.4, 0.5) is 17.5 Å². The molecular weight excluding hydrogens is 510 g/mol. The first-order valence-electron chi connectivity index (χ1n) is 12.8. The number of anilines is 3. The van der Waals surface area contributed by atoms with Crippen molar-refractivity contribution >= 4 is 52.0 Å². The van der Waals surface area contributed by atoms with Crippen LogP contribution in [-0.4, -0.2) is 75.2 Å². The van der Waals surface area contributed by atoms with Crippen molar-refractivity contribution in [3.63, 3.8) is 0 Å². The smallest absolute Gasteiger partial charge is 0.307 e. The number of hydrogen-bond acceptors (Lipinski definition) is 11. The van der Waals surface area contributed by atoms with Gasteiger partial charge in [-0.1, -0.05) is 17.7 Å². The van der Waals surface area contributed by atoms with Crippen LogP contribution in [0.15, 0.2) is 36.8 Å². The molecule has 0 amide bonds. The van der Waals surface area contributed by atoms with Crippen LogP contribution in [0.25, 0.3) is 11.0 Å². The van der Waals surface area contributed by atoms with Crippen molar-refractivity contribution in [2.45, 2.75) is 51.6 Å². The van der Waals surface area contributed by atoms with Gasteiger partial charge in [-0.25, -0.2) is 19.9 Å². The lowest BCUT2D eigenvalue weighted by molar-refractivity contribution is -0.147. The number of halogens is 1. The fourth-order valence-corrected chi connectivity index (χ4v) is 4.65. The minimum atomic E-state index is -0.309. The summed E-state index contributed by atoms with van der Waals surface area (Å²) in [4.78, 5) is 44.2. The zero-order valence-corrected chi connectivity index (χ0v) is 22.3. The Morgan fingerprint density at radius 1 is 1.08 bits per heavy atom. The Kier molecular flexibility index (Phi) is 9.61. The van der Waals surface area contributed by atoms with Crippen molar-refractivity contribution in [2.24, 2.45) is 0 Å². The van der Waals surface area contributed by atoms with Crippen LogP contribution in [0.3, 0.4) is 0 Å². The SMILES string of the molecule is CCOC(=O)CC(CC(=O)OCC)N1CCC(Nc2ncc3ncnc(Nc4cccc(Cl)c4)c3n2)CC1. The molecule has 38 heavy (non-hydrogen) atoms. The van der Waals surface area contributed by atoms with Gasteiger partial charge < -0.3 is 20.1 Å². The predicted octanol–water partition coefficient (Wildman–Crippen LogP) is 3.97. The molecule has 1 aromatic carbocycles. The molecule has 0 atom stereocenters. The highest BCUT2D eigenvalue weighted by Gasteiger charge is 2.29. The Balaban J connectivity index is 1.41. The number of fused-ring (bicyclic) bond motifs is 1. The van der Waals surface area contributed by atoms with E-state index < -0.39 is 0 Å². The lowest BCUT2D eigenvalue weighted by atomic mass is 10.00. The van der Waals surface area contributed by atoms with E-state index >= 15 is 0 Å². The van der Waals surface area contributed by atoms with Gasteiger partial charge in [0, 0.05) is 35.9 Å². The topological polar surface area (TPSA) is 131 Å². The molecule has 0 spiro atoms. The highest BCUT2D eigenvalue weighted by Crippen LogP contribution is 2.25. The van der Waals surface area contributed by atoms with Crippen molar-refractivity contribution in [3.05, 3.63) is 41.8 Å². The quantitative estimate of drug-likeness (QED) is 0.342. The largest absolute Gasteiger partial charge is 0.466 e. The molecule has 0 radical (unpaired) electrons. The molecule has 11 nitrogen and oxygen atoms in total. The summed E-state index contributed by atoms with van der Waals surface area (Å²) in [5.74, 6) is 0.417. The first kappa shape index (κ1) is 27.5. The average Bonchev–Trinajstić information content (AvgIpc) is 2.89. The Morgan fingerprint density at radius 2 is 1.79 bits per heavy atom. The second-order valence-electron chi connectivity index (χ2n) is 8.91. The molecule has 2 N–H and O–H groups in total. The van der Waals surface area contributed by atoms with E-state index in [4.69, 9.17) is 21.1 Å². The maximum absolute atomic E-state index is 12.2. The molecule has 3 heterocycles. The highest BCUT2D eigenvalue weighted by atomic mass is 35.5. The highest BCUT2D eigenvalue weighted by molar-refractivity contribution is 6.30. The van der Waals surface area contributed by atoms with Crippen LogP contribution in [0.2, 0.25) is 5.02 Å². The molecule has 1 saturated heterocycles. The van der Waals surface area contributed by atoms with Crippen LogP contribution in [0.1, 0.15) is 39.5 Å². The molecule has 1 aliphatic heterocycles. The van der Waals surface area contributed by atoms with E-state index in [2.05, 4.69) is 35.5 Å². The molecule has 0 bridgehead atoms. The third kappa shape index (κ3) is 7.48. The summed E-state index contributed by atoms with van der Waals surface area (Å²) in [6, 6.07) is 7.22. The average molecular weight is 542 g/mol. The zero-order chi connectivity index (χ0) is 26.9. The van der Waals surface area contributed by atoms with Crippen molar-refractivity contribution < 1.29 is 19.1 Å². The number of esters is 2. The van der Waals surface area contributed by atoms with Crippen molar-refractivity contribution in [3.8, 4) is 0 Å². The number of benzene rings is 1. The standard InChI is InChI=1S/C26H32ClN7O4/c1-3-37-22(35)13-20(14-23(36)38-4-2)34-10-8-18(9-11-34)32-26-28-15-21-24(33-26)25(30-16-29-21)31-19-7-5-6-17(27)12-19/h5-7,12,15-16,18,20H,3-4,8-11,13-14H2,1-2H3,(H,28,32,33)(H,29,30,31). The number of carbonyl (C=O) groups excluding carboxylic acids is 2. The normalized spacial score (nSPS) is 14.4. The maximum atomic E-state index is 12.2. The molecule has 3 aromatic rings. The number of hydrogen-bond donors (Lipinski definition) is 2. The molecule has 1 aliphatic rings. The number of likely N-dealkylation sites (tertiary alicyclic amines) is 1. The monoisotopic (exact) mass is 541 g/mol. The van der Waals surface area contributed by atoms with Crippen LogP contribution in [0.5, 0.6) is 0 Å². The van der Waals surface area contributed by atoms with Crippen LogP contribution in [-0.2, 0) is 19.1 Å². The lowest BCUT2D eigenvalue weighted by Crippen LogP contribution is -2.46. The number of carbonyl (C=O) groups is 2. The van der Waals surface area contributed by atoms with Crippen molar-refractivity contribution in [2.75, 3.05) is 36.9 Å². The van der Waals surface area contributed by atoms with Gasteiger partial charge in [0.15, 0.2) is 5.82 Å². The third-order valence-electron chi connectivity index (χ3n) is 6.26. The molecular formula is C26H32ClN7O4. The number of aromatic nitrogens is 4. The van der Waals surface area contributed by atoms with Crippen molar-refractivity contribution in [1.29, 1.82) is 0 Å². The number of nitrogens with one attached hydrogen (secondary N) is 2. The summed E-state index contributed by atoms with van der Waals surface area (Å²) in [6.07, 6.45) is 5.02. The molecule has 2 aromatic heterocycles. The van der Waals surface area contributed by atoms with Gasteiger partial charge in [-0.05, 0) is 44.9 Å². The molecule has 0 saturated carbocycles. The number of nitrogens with zero attached hydrogens (tertiary/aromatic N) is 5. The van der Waals surface area contributed by atoms with Gasteiger partial charge in [0.05, 0.1) is 32.3 Å². The molecule has 0 aliphatic carbocycles. The summed E-state index contributed by atoms with van der Waals surface area (Å²) < 4.78 is 10.2. The Hall–Kier alpha value is -3.57. The molecule has 202 valence electrons. The van der Waals surface area contributed by atoms with Gasteiger partial charge in [-0.3, -0.25) is 14.5 Å². The summed E-state index contributed by atoms with van der Waals surface area (Å²) >= 11 is 6.11. The van der Waals surface area contributed by atoms with Gasteiger partial charge in [0.1, 0.15) is 17.4 Å². The summed E-state index contributed by atoms with van der Waals surface area (Å²) in [5.41, 5.74) is 2.00. The van der Waals surface area contributed by atoms with E-state index in [0.717, 1.165) is 18.5 Å². The summed E-state index contributed by atoms with van der Waals surface area (Å²) in [6.45, 7) is 5.58. The van der Waals surface area contributed by atoms with Crippen molar-refractivity contribution in [1.82, 2.24) is 24.8 Å². The van der Waals surface area contributed by atoms with E-state index in [1.54, 1.807) is 32.2 Å². The van der Waals surface area contributed by atoms with E-state index in [9.17, 15) is 9.59 Å². The molecule has 12 heteroatoms. The minimum Gasteiger partial charge on any atom is -0.466 e. The summed E-state index contributed by atoms with van der Waals surface area (Å²) in [7, 11) is 0. The Morgan fingerprint density at radius 3 is 2.45 bits per heavy atom. The van der Waals surface area contributed by atoms with Gasteiger partial charge in [-0.2, -0.15) is 0 Å². The molecule has 4 rings (SSSR count). The number of ether oxygens (including phenoxy) is 2. The predicted molar refractivity (Wildman–Crippen MR) is 144 cm³/mol.